The van der Waals surface area contributed by atoms with Gasteiger partial charge < -0.3 is 9.64 Å². The molecule has 0 aromatic heterocycles. The Morgan fingerprint density at radius 1 is 0.792 bits per heavy atom. The van der Waals surface area contributed by atoms with E-state index in [4.69, 9.17) is 4.74 Å². The van der Waals surface area contributed by atoms with Gasteiger partial charge in [-0.25, -0.2) is 0 Å². The Morgan fingerprint density at radius 3 is 1.83 bits per heavy atom. The summed E-state index contributed by atoms with van der Waals surface area (Å²) in [7, 11) is 0. The average molecular weight is 340 g/mol. The first kappa shape index (κ1) is 20.2. The molecule has 0 saturated carbocycles. The van der Waals surface area contributed by atoms with Crippen LogP contribution in [0.15, 0.2) is 0 Å². The fourth-order valence-corrected chi connectivity index (χ4v) is 3.83. The second-order valence-corrected chi connectivity index (χ2v) is 9.70. The molecule has 0 aliphatic carbocycles. The van der Waals surface area contributed by atoms with Gasteiger partial charge in [0.1, 0.15) is 0 Å². The van der Waals surface area contributed by atoms with Crippen LogP contribution in [0.1, 0.15) is 54.4 Å². The molecular weight excluding hydrogens is 298 g/mol. The van der Waals surface area contributed by atoms with Gasteiger partial charge in [0, 0.05) is 44.8 Å². The summed E-state index contributed by atoms with van der Waals surface area (Å²) >= 11 is 0. The van der Waals surface area contributed by atoms with Gasteiger partial charge in [-0.05, 0) is 73.4 Å². The van der Waals surface area contributed by atoms with Gasteiger partial charge >= 0.3 is 0 Å². The van der Waals surface area contributed by atoms with Crippen LogP contribution in [0, 0.1) is 5.92 Å². The van der Waals surface area contributed by atoms with E-state index in [0.29, 0.717) is 5.54 Å². The highest BCUT2D eigenvalue weighted by Gasteiger charge is 2.28. The maximum atomic E-state index is 5.86. The van der Waals surface area contributed by atoms with Gasteiger partial charge in [0.25, 0.3) is 0 Å². The Labute approximate surface area is 150 Å². The lowest BCUT2D eigenvalue weighted by molar-refractivity contribution is -0.0189. The number of piperazine rings is 1. The van der Waals surface area contributed by atoms with Gasteiger partial charge in [0.15, 0.2) is 0 Å². The van der Waals surface area contributed by atoms with Crippen LogP contribution in [0.25, 0.3) is 0 Å². The Morgan fingerprint density at radius 2 is 1.33 bits per heavy atom. The minimum Gasteiger partial charge on any atom is -0.375 e. The SMILES string of the molecule is CC(C)(C)OCCN1CCN(CC2CCN(C(C)(C)C)CC2)CC1. The van der Waals surface area contributed by atoms with E-state index in [1.54, 1.807) is 0 Å². The minimum absolute atomic E-state index is 0.0102. The van der Waals surface area contributed by atoms with Gasteiger partial charge in [-0.3, -0.25) is 9.80 Å². The summed E-state index contributed by atoms with van der Waals surface area (Å²) < 4.78 is 5.86. The molecule has 24 heavy (non-hydrogen) atoms. The maximum absolute atomic E-state index is 5.86. The first-order chi connectivity index (χ1) is 11.1. The summed E-state index contributed by atoms with van der Waals surface area (Å²) in [6.45, 7) is 24.1. The van der Waals surface area contributed by atoms with Crippen LogP contribution in [0.3, 0.4) is 0 Å². The standard InChI is InChI=1S/C20H41N3O/c1-19(2,3)23-9-7-18(8-10-23)17-22-13-11-21(12-14-22)15-16-24-20(4,5)6/h18H,7-17H2,1-6H3. The van der Waals surface area contributed by atoms with Crippen LogP contribution in [0.4, 0.5) is 0 Å². The quantitative estimate of drug-likeness (QED) is 0.766. The van der Waals surface area contributed by atoms with Crippen molar-refractivity contribution >= 4 is 0 Å². The highest BCUT2D eigenvalue weighted by Crippen LogP contribution is 2.24. The predicted octanol–water partition coefficient (Wildman–Crippen LogP) is 2.93. The third-order valence-electron chi connectivity index (χ3n) is 5.49. The van der Waals surface area contributed by atoms with E-state index >= 15 is 0 Å². The van der Waals surface area contributed by atoms with E-state index in [0.717, 1.165) is 19.1 Å². The Bertz CT molecular complexity index is 356. The van der Waals surface area contributed by atoms with Crippen molar-refractivity contribution in [2.45, 2.75) is 65.5 Å². The maximum Gasteiger partial charge on any atom is 0.0600 e. The van der Waals surface area contributed by atoms with Gasteiger partial charge in [-0.15, -0.1) is 0 Å². The van der Waals surface area contributed by atoms with Crippen molar-refractivity contribution in [2.75, 3.05) is 59.0 Å². The summed E-state index contributed by atoms with van der Waals surface area (Å²) in [6, 6.07) is 0. The monoisotopic (exact) mass is 339 g/mol. The summed E-state index contributed by atoms with van der Waals surface area (Å²) in [6.07, 6.45) is 2.74. The second kappa shape index (κ2) is 8.48. The molecule has 2 fully saturated rings. The first-order valence-electron chi connectivity index (χ1n) is 9.97. The van der Waals surface area contributed by atoms with Crippen molar-refractivity contribution in [3.8, 4) is 0 Å². The zero-order valence-corrected chi connectivity index (χ0v) is 17.1. The van der Waals surface area contributed by atoms with Crippen LogP contribution >= 0.6 is 0 Å². The molecule has 0 atom stereocenters. The lowest BCUT2D eigenvalue weighted by Gasteiger charge is -2.43. The average Bonchev–Trinajstić information content (AvgIpc) is 2.47. The number of ether oxygens (including phenoxy) is 1. The molecule has 0 radical (unpaired) electrons. The van der Waals surface area contributed by atoms with Crippen molar-refractivity contribution in [2.24, 2.45) is 5.92 Å². The summed E-state index contributed by atoms with van der Waals surface area (Å²) in [5.74, 6) is 0.902. The van der Waals surface area contributed by atoms with E-state index in [2.05, 4.69) is 56.2 Å². The summed E-state index contributed by atoms with van der Waals surface area (Å²) in [5.41, 5.74) is 0.329. The van der Waals surface area contributed by atoms with Crippen LogP contribution < -0.4 is 0 Å². The van der Waals surface area contributed by atoms with Crippen molar-refractivity contribution in [3.63, 3.8) is 0 Å². The molecule has 2 aliphatic heterocycles. The molecule has 142 valence electrons. The number of hydrogen-bond donors (Lipinski definition) is 0. The molecule has 0 bridgehead atoms. The summed E-state index contributed by atoms with van der Waals surface area (Å²) in [5, 5.41) is 0. The van der Waals surface area contributed by atoms with Crippen molar-refractivity contribution < 1.29 is 4.74 Å². The normalized spacial score (nSPS) is 23.8. The first-order valence-corrected chi connectivity index (χ1v) is 9.97. The van der Waals surface area contributed by atoms with Crippen molar-refractivity contribution in [1.82, 2.24) is 14.7 Å². The third-order valence-corrected chi connectivity index (χ3v) is 5.49. The van der Waals surface area contributed by atoms with Crippen molar-refractivity contribution in [1.29, 1.82) is 0 Å². The molecule has 0 spiro atoms. The molecule has 0 aromatic carbocycles. The number of piperidine rings is 1. The molecule has 0 unspecified atom stereocenters. The van der Waals surface area contributed by atoms with E-state index in [1.807, 2.05) is 0 Å². The largest absolute Gasteiger partial charge is 0.375 e. The van der Waals surface area contributed by atoms with Gasteiger partial charge in [-0.1, -0.05) is 0 Å². The Balaban J connectivity index is 1.60. The molecule has 2 rings (SSSR count). The molecule has 4 heteroatoms. The van der Waals surface area contributed by atoms with Gasteiger partial charge in [0.2, 0.25) is 0 Å². The fraction of sp³-hybridized carbons (Fsp3) is 1.00. The van der Waals surface area contributed by atoms with Gasteiger partial charge in [0.05, 0.1) is 12.2 Å². The number of nitrogens with zero attached hydrogens (tertiary/aromatic N) is 3. The molecule has 0 N–H and O–H groups in total. The Kier molecular flexibility index (Phi) is 7.12. The molecular formula is C20H41N3O. The zero-order valence-electron chi connectivity index (χ0n) is 17.1. The number of hydrogen-bond acceptors (Lipinski definition) is 4. The molecule has 4 nitrogen and oxygen atoms in total. The van der Waals surface area contributed by atoms with Crippen LogP contribution in [-0.2, 0) is 4.74 Å². The van der Waals surface area contributed by atoms with Crippen LogP contribution in [0.2, 0.25) is 0 Å². The zero-order chi connectivity index (χ0) is 17.8. The van der Waals surface area contributed by atoms with Crippen molar-refractivity contribution in [3.05, 3.63) is 0 Å². The molecule has 0 amide bonds. The molecule has 2 aliphatic rings. The highest BCUT2D eigenvalue weighted by molar-refractivity contribution is 4.83. The third kappa shape index (κ3) is 6.99. The van der Waals surface area contributed by atoms with Crippen LogP contribution in [-0.4, -0.2) is 84.8 Å². The fourth-order valence-electron chi connectivity index (χ4n) is 3.83. The lowest BCUT2D eigenvalue weighted by atomic mass is 9.92. The number of likely N-dealkylation sites (tertiary alicyclic amines) is 1. The Hall–Kier alpha value is -0.160. The highest BCUT2D eigenvalue weighted by atomic mass is 16.5. The number of rotatable bonds is 5. The second-order valence-electron chi connectivity index (χ2n) is 9.70. The topological polar surface area (TPSA) is 19.0 Å². The van der Waals surface area contributed by atoms with E-state index in [9.17, 15) is 0 Å². The molecule has 2 heterocycles. The lowest BCUT2D eigenvalue weighted by Crippen LogP contribution is -2.51. The summed E-state index contributed by atoms with van der Waals surface area (Å²) in [4.78, 5) is 7.90. The van der Waals surface area contributed by atoms with E-state index in [-0.39, 0.29) is 5.60 Å². The van der Waals surface area contributed by atoms with Crippen LogP contribution in [0.5, 0.6) is 0 Å². The van der Waals surface area contributed by atoms with Gasteiger partial charge in [-0.2, -0.15) is 0 Å². The minimum atomic E-state index is -0.0102. The molecule has 2 saturated heterocycles. The smallest absolute Gasteiger partial charge is 0.0600 e. The molecule has 0 aromatic rings. The van der Waals surface area contributed by atoms with E-state index < -0.39 is 0 Å². The predicted molar refractivity (Wildman–Crippen MR) is 103 cm³/mol. The van der Waals surface area contributed by atoms with E-state index in [1.165, 1.54) is 58.7 Å².